The fourth-order valence-electron chi connectivity index (χ4n) is 6.18. The van der Waals surface area contributed by atoms with Crippen LogP contribution < -0.4 is 0 Å². The molecule has 21 heteroatoms. The lowest BCUT2D eigenvalue weighted by atomic mass is 10.1. The van der Waals surface area contributed by atoms with Crippen LogP contribution in [0.3, 0.4) is 0 Å². The summed E-state index contributed by atoms with van der Waals surface area (Å²) in [5.41, 5.74) is -2.29. The van der Waals surface area contributed by atoms with Crippen molar-refractivity contribution in [2.24, 2.45) is 4.99 Å². The van der Waals surface area contributed by atoms with Crippen molar-refractivity contribution in [3.8, 4) is 0 Å². The van der Waals surface area contributed by atoms with E-state index in [2.05, 4.69) is 4.99 Å². The lowest BCUT2D eigenvalue weighted by Crippen LogP contribution is -2.63. The third-order valence-electron chi connectivity index (χ3n) is 7.61. The smallest absolute Gasteiger partial charge is 0.303 e. The summed E-state index contributed by atoms with van der Waals surface area (Å²) in [4.78, 5) is 117. The SMILES string of the molecule is CC(=O)O[13CH2][C@H]1O[13C@H](/N=C2\O[C@@H]3[C@@H](OC(C)=O)[C@H](OC(C)=O)[C@@]([13CH2]OC(C)=O)(OC(C)=O)[13C@@H]3N2C(C)=O)[C@H](OC(C)=O)[C@@H](OC(C)=O)[C@@H]1OC(C)=O. The minimum atomic E-state index is -2.29. The van der Waals surface area contributed by atoms with Gasteiger partial charge in [0.05, 0.1) is 0 Å². The fraction of sp³-hybridized carbons (Fsp3) is 0.677. The average Bonchev–Trinajstić information content (AvgIpc) is 3.46. The van der Waals surface area contributed by atoms with E-state index in [-0.39, 0.29) is 0 Å². The van der Waals surface area contributed by atoms with Crippen LogP contribution >= 0.6 is 0 Å². The van der Waals surface area contributed by atoms with E-state index in [1.165, 1.54) is 0 Å². The van der Waals surface area contributed by atoms with Crippen LogP contribution in [-0.2, 0) is 90.5 Å². The largest absolute Gasteiger partial charge is 0.463 e. The highest BCUT2D eigenvalue weighted by Crippen LogP contribution is 2.47. The Morgan fingerprint density at radius 1 is 0.615 bits per heavy atom. The zero-order valence-electron chi connectivity index (χ0n) is 29.8. The van der Waals surface area contributed by atoms with Gasteiger partial charge in [0.1, 0.15) is 25.4 Å². The number of rotatable bonds is 11. The Hall–Kier alpha value is -5.34. The molecule has 1 aliphatic carbocycles. The molecule has 0 radical (unpaired) electrons. The third kappa shape index (κ3) is 9.50. The normalized spacial score (nSPS) is 31.2. The van der Waals surface area contributed by atoms with Crippen molar-refractivity contribution < 1.29 is 90.5 Å². The van der Waals surface area contributed by atoms with E-state index in [1.54, 1.807) is 0 Å². The standard InChI is InChI=1S/C31H40N2O19/c1-12(34)33-27-24(25(47-17(6)39)28(49-19(8)41)31(27,52-20(9)42)11-44-14(3)36)51-30(33)32-29-26(48-18(7)40)23(46-16(5)38)22(45-15(4)37)21(50-29)10-43-13(2)35/h21-29H,10-11H2,1-9H3/b32-30-/t21-,22-,23+,24-,25-,26-,27-,28+,29+,31+/m1/s1/i10+1,11+1,27+1,29+1. The molecule has 3 aliphatic rings. The molecule has 2 aliphatic heterocycles. The molecule has 288 valence electrons. The molecule has 52 heavy (non-hydrogen) atoms. The van der Waals surface area contributed by atoms with E-state index in [0.717, 1.165) is 67.2 Å². The first-order valence-corrected chi connectivity index (χ1v) is 15.7. The highest BCUT2D eigenvalue weighted by molar-refractivity contribution is 5.96. The van der Waals surface area contributed by atoms with Crippen LogP contribution in [0.25, 0.3) is 0 Å². The molecule has 0 aromatic rings. The summed E-state index contributed by atoms with van der Waals surface area (Å²) in [7, 11) is 0. The van der Waals surface area contributed by atoms with Crippen LogP contribution in [0.2, 0.25) is 0 Å². The number of aliphatic imine (C=N–C) groups is 1. The topological polar surface area (TPSA) is 262 Å². The summed E-state index contributed by atoms with van der Waals surface area (Å²) in [5, 5.41) is 0. The molecular weight excluding hydrogens is 708 g/mol. The summed E-state index contributed by atoms with van der Waals surface area (Å²) in [6.45, 7) is 7.75. The maximum atomic E-state index is 13.5. The molecule has 1 amide bonds. The molecule has 0 aromatic heterocycles. The summed E-state index contributed by atoms with van der Waals surface area (Å²) in [6.07, 6.45) is -13.0. The van der Waals surface area contributed by atoms with Crippen LogP contribution in [0.4, 0.5) is 0 Å². The third-order valence-corrected chi connectivity index (χ3v) is 7.61. The first-order valence-electron chi connectivity index (χ1n) is 15.7. The van der Waals surface area contributed by atoms with E-state index < -0.39 is 133 Å². The van der Waals surface area contributed by atoms with Crippen LogP contribution in [0, 0.1) is 0 Å². The summed E-state index contributed by atoms with van der Waals surface area (Å²) in [6, 6.07) is -2.23. The Kier molecular flexibility index (Phi) is 13.3. The number of amidine groups is 1. The Labute approximate surface area is 296 Å². The summed E-state index contributed by atoms with van der Waals surface area (Å²) < 4.78 is 55.3. The van der Waals surface area contributed by atoms with Gasteiger partial charge in [0.2, 0.25) is 11.5 Å². The number of carbonyl (C=O) groups is 9. The van der Waals surface area contributed by atoms with Crippen molar-refractivity contribution in [3.63, 3.8) is 0 Å². The molecule has 0 aromatic carbocycles. The van der Waals surface area contributed by atoms with Crippen molar-refractivity contribution >= 4 is 59.7 Å². The molecule has 1 saturated carbocycles. The maximum Gasteiger partial charge on any atom is 0.303 e. The van der Waals surface area contributed by atoms with E-state index in [0.29, 0.717) is 0 Å². The van der Waals surface area contributed by atoms with Crippen LogP contribution in [0.15, 0.2) is 4.99 Å². The van der Waals surface area contributed by atoms with E-state index in [9.17, 15) is 43.2 Å². The Balaban J connectivity index is 2.30. The number of amides is 1. The van der Waals surface area contributed by atoms with Gasteiger partial charge in [0.25, 0.3) is 6.02 Å². The van der Waals surface area contributed by atoms with Crippen molar-refractivity contribution in [1.29, 1.82) is 0 Å². The molecule has 3 rings (SSSR count). The number of hydrogen-bond acceptors (Lipinski definition) is 20. The fourth-order valence-corrected chi connectivity index (χ4v) is 6.18. The molecular formula is C31H40N2O19. The highest BCUT2D eigenvalue weighted by Gasteiger charge is 2.74. The predicted octanol–water partition coefficient (Wildman–Crippen LogP) is -1.22. The van der Waals surface area contributed by atoms with Crippen LogP contribution in [0.5, 0.6) is 0 Å². The van der Waals surface area contributed by atoms with Crippen LogP contribution in [-0.4, -0.2) is 138 Å². The van der Waals surface area contributed by atoms with Gasteiger partial charge >= 0.3 is 47.8 Å². The van der Waals surface area contributed by atoms with Gasteiger partial charge in [-0.15, -0.1) is 0 Å². The molecule has 10 atom stereocenters. The average molecular weight is 749 g/mol. The highest BCUT2D eigenvalue weighted by atomic mass is 16.7. The molecule has 2 saturated heterocycles. The zero-order valence-corrected chi connectivity index (χ0v) is 29.8. The molecule has 0 N–H and O–H groups in total. The van der Waals surface area contributed by atoms with Gasteiger partial charge in [-0.25, -0.2) is 0 Å². The monoisotopic (exact) mass is 748 g/mol. The van der Waals surface area contributed by atoms with Crippen molar-refractivity contribution in [3.05, 3.63) is 0 Å². The Bertz CT molecular complexity index is 1510. The van der Waals surface area contributed by atoms with E-state index in [1.807, 2.05) is 0 Å². The number of esters is 8. The van der Waals surface area contributed by atoms with Crippen molar-refractivity contribution in [2.75, 3.05) is 13.2 Å². The first kappa shape index (κ1) is 41.1. The van der Waals surface area contributed by atoms with Crippen LogP contribution in [0.1, 0.15) is 62.3 Å². The lowest BCUT2D eigenvalue weighted by Gasteiger charge is -2.43. The second-order valence-electron chi connectivity index (χ2n) is 11.9. The number of carbonyl (C=O) groups excluding carboxylic acids is 9. The second-order valence-corrected chi connectivity index (χ2v) is 11.9. The van der Waals surface area contributed by atoms with Gasteiger partial charge in [-0.05, 0) is 0 Å². The Morgan fingerprint density at radius 3 is 1.60 bits per heavy atom. The van der Waals surface area contributed by atoms with Gasteiger partial charge in [-0.3, -0.25) is 48.1 Å². The molecule has 21 nitrogen and oxygen atoms in total. The molecule has 3 fully saturated rings. The molecule has 2 heterocycles. The number of ether oxygens (including phenoxy) is 10. The first-order chi connectivity index (χ1) is 24.2. The lowest BCUT2D eigenvalue weighted by molar-refractivity contribution is -0.251. The van der Waals surface area contributed by atoms with Gasteiger partial charge in [-0.1, -0.05) is 0 Å². The number of fused-ring (bicyclic) bond motifs is 1. The van der Waals surface area contributed by atoms with Gasteiger partial charge in [-0.2, -0.15) is 4.99 Å². The van der Waals surface area contributed by atoms with E-state index >= 15 is 0 Å². The summed E-state index contributed by atoms with van der Waals surface area (Å²) in [5.74, 6) is -8.12. The van der Waals surface area contributed by atoms with Gasteiger partial charge < -0.3 is 47.4 Å². The second kappa shape index (κ2) is 16.8. The molecule has 0 spiro atoms. The van der Waals surface area contributed by atoms with Gasteiger partial charge in [0.15, 0.2) is 42.9 Å². The summed E-state index contributed by atoms with van der Waals surface area (Å²) >= 11 is 0. The minimum absolute atomic E-state index is 0.599. The van der Waals surface area contributed by atoms with Crippen molar-refractivity contribution in [1.82, 2.24) is 4.90 Å². The minimum Gasteiger partial charge on any atom is -0.463 e. The molecule has 0 unspecified atom stereocenters. The van der Waals surface area contributed by atoms with Crippen molar-refractivity contribution in [2.45, 2.75) is 123 Å². The zero-order chi connectivity index (χ0) is 39.2. The predicted molar refractivity (Wildman–Crippen MR) is 163 cm³/mol. The Morgan fingerprint density at radius 2 is 1.12 bits per heavy atom. The number of hydrogen-bond donors (Lipinski definition) is 0. The van der Waals surface area contributed by atoms with Gasteiger partial charge in [0, 0.05) is 62.3 Å². The van der Waals surface area contributed by atoms with E-state index in [4.69, 9.17) is 47.4 Å². The quantitative estimate of drug-likeness (QED) is 0.136. The number of nitrogens with zero attached hydrogens (tertiary/aromatic N) is 2. The molecule has 0 bridgehead atoms. The maximum absolute atomic E-state index is 13.5.